The molecule has 3 aromatic rings. The Labute approximate surface area is 361 Å². The fourth-order valence-electron chi connectivity index (χ4n) is 10.4. The molecule has 0 radical (unpaired) electrons. The summed E-state index contributed by atoms with van der Waals surface area (Å²) in [4.78, 5) is 80.3. The first-order chi connectivity index (χ1) is 29.5. The smallest absolute Gasteiger partial charge is 0.262 e. The average molecular weight is 847 g/mol. The second-order valence-electron chi connectivity index (χ2n) is 17.6. The van der Waals surface area contributed by atoms with Gasteiger partial charge in [0.1, 0.15) is 6.04 Å². The number of anilines is 3. The van der Waals surface area contributed by atoms with E-state index >= 15 is 0 Å². The van der Waals surface area contributed by atoms with Gasteiger partial charge in [-0.3, -0.25) is 39.1 Å². The molecule has 0 aliphatic carbocycles. The second kappa shape index (κ2) is 16.4. The van der Waals surface area contributed by atoms with Crippen molar-refractivity contribution in [3.05, 3.63) is 93.8 Å². The minimum atomic E-state index is -0.987. The summed E-state index contributed by atoms with van der Waals surface area (Å²) in [7, 11) is 1.79. The van der Waals surface area contributed by atoms with Crippen LogP contribution >= 0.6 is 11.6 Å². The molecule has 6 aliphatic heterocycles. The third-order valence-corrected chi connectivity index (χ3v) is 14.5. The molecule has 9 rings (SSSR count). The fourth-order valence-corrected chi connectivity index (χ4v) is 10.6. The lowest BCUT2D eigenvalue weighted by Gasteiger charge is -2.46. The summed E-state index contributed by atoms with van der Waals surface area (Å²) in [6.45, 7) is 16.5. The molecule has 1 N–H and O–H groups in total. The average Bonchev–Trinajstić information content (AvgIpc) is 3.81. The Morgan fingerprint density at radius 2 is 1.39 bits per heavy atom. The Morgan fingerprint density at radius 1 is 0.770 bits per heavy atom. The van der Waals surface area contributed by atoms with E-state index in [0.29, 0.717) is 10.7 Å². The van der Waals surface area contributed by atoms with Crippen molar-refractivity contribution in [3.63, 3.8) is 0 Å². The van der Waals surface area contributed by atoms with Gasteiger partial charge >= 0.3 is 0 Å². The highest BCUT2D eigenvalue weighted by molar-refractivity contribution is 6.33. The summed E-state index contributed by atoms with van der Waals surface area (Å²) < 4.78 is 6.23. The Morgan fingerprint density at radius 3 is 2.07 bits per heavy atom. The summed E-state index contributed by atoms with van der Waals surface area (Å²) >= 11 is 6.34. The van der Waals surface area contributed by atoms with Gasteiger partial charge in [0.15, 0.2) is 0 Å². The SMILES string of the molecule is [C-]#[N+]c1ccc(N2CCC3(CCN(C(=O)c4ccc(N5CCN(CC6(OC)CCN(c7ccc8c(c7)C(=O)N(C7CCC(=O)NC7=O)C8=O)CC6)CC5)cc4)CC3)C2)cc1Cl. The molecule has 1 spiro atoms. The Bertz CT molecular complexity index is 2290. The lowest BCUT2D eigenvalue weighted by molar-refractivity contribution is -0.136. The fraction of sp³-hybridized carbons (Fsp3) is 0.478. The maximum Gasteiger partial charge on any atom is 0.262 e. The third kappa shape index (κ3) is 7.83. The number of rotatable bonds is 8. The van der Waals surface area contributed by atoms with E-state index in [0.717, 1.165) is 132 Å². The van der Waals surface area contributed by atoms with Crippen molar-refractivity contribution in [3.8, 4) is 0 Å². The predicted octanol–water partition coefficient (Wildman–Crippen LogP) is 5.23. The maximum atomic E-state index is 13.6. The predicted molar refractivity (Wildman–Crippen MR) is 232 cm³/mol. The monoisotopic (exact) mass is 846 g/mol. The Kier molecular flexibility index (Phi) is 11.0. The first-order valence-electron chi connectivity index (χ1n) is 21.4. The number of hydrogen-bond donors (Lipinski definition) is 1. The van der Waals surface area contributed by atoms with Crippen LogP contribution in [0.3, 0.4) is 0 Å². The number of amides is 5. The van der Waals surface area contributed by atoms with Crippen molar-refractivity contribution in [2.75, 3.05) is 93.8 Å². The highest BCUT2D eigenvalue weighted by Gasteiger charge is 2.46. The lowest BCUT2D eigenvalue weighted by atomic mass is 9.77. The van der Waals surface area contributed by atoms with E-state index in [2.05, 4.69) is 41.9 Å². The number of hydrogen-bond acceptors (Lipinski definition) is 10. The highest BCUT2D eigenvalue weighted by atomic mass is 35.5. The van der Waals surface area contributed by atoms with Crippen molar-refractivity contribution in [1.82, 2.24) is 20.0 Å². The maximum absolute atomic E-state index is 13.6. The van der Waals surface area contributed by atoms with Gasteiger partial charge in [0.2, 0.25) is 17.5 Å². The summed E-state index contributed by atoms with van der Waals surface area (Å²) in [6.07, 6.45) is 4.85. The van der Waals surface area contributed by atoms with Gasteiger partial charge in [-0.1, -0.05) is 17.7 Å². The van der Waals surface area contributed by atoms with Crippen LogP contribution in [0.1, 0.15) is 76.0 Å². The van der Waals surface area contributed by atoms with E-state index in [1.807, 2.05) is 35.2 Å². The molecule has 0 aromatic heterocycles. The molecule has 318 valence electrons. The zero-order chi connectivity index (χ0) is 42.5. The number of methoxy groups -OCH3 is 1. The van der Waals surface area contributed by atoms with Gasteiger partial charge < -0.3 is 24.3 Å². The van der Waals surface area contributed by atoms with E-state index in [1.54, 1.807) is 25.3 Å². The van der Waals surface area contributed by atoms with Crippen LogP contribution in [0, 0.1) is 12.0 Å². The number of ether oxygens (including phenoxy) is 1. The minimum absolute atomic E-state index is 0.0836. The molecule has 0 bridgehead atoms. The van der Waals surface area contributed by atoms with E-state index < -0.39 is 29.7 Å². The van der Waals surface area contributed by atoms with Crippen molar-refractivity contribution < 1.29 is 28.7 Å². The van der Waals surface area contributed by atoms with Gasteiger partial charge in [-0.15, -0.1) is 0 Å². The standard InChI is InChI=1S/C46H51ClN8O6/c1-48-38-10-8-34(28-37(38)47)54-20-15-45(29-54)13-18-53(19-14-45)42(58)31-3-5-32(6-4-31)52-25-23-50(24-26-52)30-46(61-2)16-21-51(22-17-46)33-7-9-35-36(27-33)44(60)55(43(35)59)39-11-12-40(56)49-41(39)57/h3-10,27-28,39H,11-26,29-30H2,2H3,(H,49,56,57). The van der Waals surface area contributed by atoms with Crippen molar-refractivity contribution in [2.45, 2.75) is 56.6 Å². The first kappa shape index (κ1) is 40.9. The molecule has 5 amide bonds. The number of imide groups is 2. The largest absolute Gasteiger partial charge is 0.377 e. The molecule has 1 atom stereocenters. The first-order valence-corrected chi connectivity index (χ1v) is 21.8. The van der Waals surface area contributed by atoms with E-state index in [-0.39, 0.29) is 40.9 Å². The summed E-state index contributed by atoms with van der Waals surface area (Å²) in [5.41, 5.74) is 4.68. The molecular weight excluding hydrogens is 796 g/mol. The third-order valence-electron chi connectivity index (χ3n) is 14.2. The number of piperidine rings is 3. The molecule has 6 aliphatic rings. The van der Waals surface area contributed by atoms with E-state index in [9.17, 15) is 24.0 Å². The quantitative estimate of drug-likeness (QED) is 0.238. The highest BCUT2D eigenvalue weighted by Crippen LogP contribution is 2.43. The number of carbonyl (C=O) groups is 5. The van der Waals surface area contributed by atoms with Gasteiger partial charge in [0.05, 0.1) is 23.3 Å². The van der Waals surface area contributed by atoms with Gasteiger partial charge in [0.25, 0.3) is 17.7 Å². The van der Waals surface area contributed by atoms with Gasteiger partial charge in [-0.2, -0.15) is 0 Å². The van der Waals surface area contributed by atoms with Crippen LogP contribution in [0.25, 0.3) is 4.85 Å². The van der Waals surface area contributed by atoms with E-state index in [4.69, 9.17) is 22.9 Å². The van der Waals surface area contributed by atoms with Crippen LogP contribution in [0.15, 0.2) is 60.7 Å². The summed E-state index contributed by atoms with van der Waals surface area (Å²) in [6, 6.07) is 18.1. The zero-order valence-electron chi connectivity index (χ0n) is 34.5. The molecule has 0 saturated carbocycles. The number of nitrogens with zero attached hydrogens (tertiary/aromatic N) is 7. The molecule has 6 heterocycles. The molecule has 5 fully saturated rings. The zero-order valence-corrected chi connectivity index (χ0v) is 35.3. The molecule has 1 unspecified atom stereocenters. The topological polar surface area (TPSA) is 130 Å². The van der Waals surface area contributed by atoms with Crippen molar-refractivity contribution >= 4 is 63.9 Å². The van der Waals surface area contributed by atoms with E-state index in [1.165, 1.54) is 0 Å². The van der Waals surface area contributed by atoms with Crippen molar-refractivity contribution in [1.29, 1.82) is 0 Å². The molecule has 15 heteroatoms. The number of fused-ring (bicyclic) bond motifs is 1. The number of halogens is 1. The van der Waals surface area contributed by atoms with Gasteiger partial charge in [-0.25, -0.2) is 4.85 Å². The molecule has 5 saturated heterocycles. The minimum Gasteiger partial charge on any atom is -0.377 e. The van der Waals surface area contributed by atoms with Crippen LogP contribution in [-0.2, 0) is 14.3 Å². The van der Waals surface area contributed by atoms with Crippen LogP contribution in [0.5, 0.6) is 0 Å². The molecule has 14 nitrogen and oxygen atoms in total. The number of benzene rings is 3. The summed E-state index contributed by atoms with van der Waals surface area (Å²) in [5.74, 6) is -1.92. The normalized spacial score (nSPS) is 22.8. The van der Waals surface area contributed by atoms with Gasteiger partial charge in [0, 0.05) is 113 Å². The van der Waals surface area contributed by atoms with Crippen LogP contribution in [0.4, 0.5) is 22.7 Å². The Hall–Kier alpha value is -5.49. The van der Waals surface area contributed by atoms with Crippen molar-refractivity contribution in [2.24, 2.45) is 5.41 Å². The number of piperazine rings is 1. The summed E-state index contributed by atoms with van der Waals surface area (Å²) in [5, 5.41) is 2.74. The number of likely N-dealkylation sites (tertiary alicyclic amines) is 1. The molecular formula is C46H51ClN8O6. The molecule has 3 aromatic carbocycles. The van der Waals surface area contributed by atoms with Gasteiger partial charge in [-0.05, 0) is 98.5 Å². The lowest BCUT2D eigenvalue weighted by Crippen LogP contribution is -2.56. The number of nitrogens with one attached hydrogen (secondary N) is 1. The Balaban J connectivity index is 0.737. The van der Waals surface area contributed by atoms with Crippen LogP contribution in [-0.4, -0.2) is 135 Å². The van der Waals surface area contributed by atoms with Crippen LogP contribution < -0.4 is 20.0 Å². The molecule has 61 heavy (non-hydrogen) atoms. The second-order valence-corrected chi connectivity index (χ2v) is 18.0. The van der Waals surface area contributed by atoms with Crippen LogP contribution in [0.2, 0.25) is 5.02 Å². The number of carbonyl (C=O) groups excluding carboxylic acids is 5.